The summed E-state index contributed by atoms with van der Waals surface area (Å²) in [4.78, 5) is 14.3. The highest BCUT2D eigenvalue weighted by atomic mass is 35.5. The highest BCUT2D eigenvalue weighted by Gasteiger charge is 2.16. The molecule has 0 bridgehead atoms. The summed E-state index contributed by atoms with van der Waals surface area (Å²) in [7, 11) is 0. The number of rotatable bonds is 1. The molecule has 0 fully saturated rings. The molecule has 0 aliphatic rings. The summed E-state index contributed by atoms with van der Waals surface area (Å²) in [6.45, 7) is 0. The molecule has 0 saturated carbocycles. The summed E-state index contributed by atoms with van der Waals surface area (Å²) >= 11 is 5.68. The number of imidazole rings is 1. The number of aromatic nitrogens is 2. The lowest BCUT2D eigenvalue weighted by atomic mass is 10.5. The average Bonchev–Trinajstić information content (AvgIpc) is 2.44. The van der Waals surface area contributed by atoms with E-state index in [1.165, 1.54) is 16.5 Å². The molecule has 0 saturated heterocycles. The van der Waals surface area contributed by atoms with Crippen LogP contribution < -0.4 is 0 Å². The van der Waals surface area contributed by atoms with Gasteiger partial charge in [-0.25, -0.2) is 14.2 Å². The second-order valence-electron chi connectivity index (χ2n) is 2.63. The number of hydrogen-bond donors (Lipinski definition) is 1. The maximum Gasteiger partial charge on any atom is 0.357 e. The van der Waals surface area contributed by atoms with Crippen molar-refractivity contribution in [1.82, 2.24) is 9.38 Å². The number of pyridine rings is 1. The van der Waals surface area contributed by atoms with Crippen LogP contribution in [0.1, 0.15) is 10.5 Å². The number of hydrogen-bond acceptors (Lipinski definition) is 2. The molecule has 0 unspecified atom stereocenters. The van der Waals surface area contributed by atoms with E-state index in [0.717, 1.165) is 6.20 Å². The summed E-state index contributed by atoms with van der Waals surface area (Å²) in [6.07, 6.45) is 1.08. The number of aromatic carboxylic acids is 1. The Labute approximate surface area is 82.6 Å². The van der Waals surface area contributed by atoms with E-state index < -0.39 is 11.8 Å². The van der Waals surface area contributed by atoms with Crippen LogP contribution in [0.3, 0.4) is 0 Å². The zero-order chi connectivity index (χ0) is 10.3. The fraction of sp³-hybridized carbons (Fsp3) is 0. The Morgan fingerprint density at radius 1 is 1.57 bits per heavy atom. The van der Waals surface area contributed by atoms with Crippen LogP contribution in [0, 0.1) is 5.82 Å². The first-order valence-electron chi connectivity index (χ1n) is 3.66. The molecule has 2 heterocycles. The monoisotopic (exact) mass is 214 g/mol. The van der Waals surface area contributed by atoms with Gasteiger partial charge in [-0.2, -0.15) is 0 Å². The molecular formula is C8H4ClFN2O2. The van der Waals surface area contributed by atoms with Crippen LogP contribution in [0.15, 0.2) is 18.3 Å². The molecule has 0 spiro atoms. The second-order valence-corrected chi connectivity index (χ2v) is 2.99. The normalized spacial score (nSPS) is 10.7. The maximum absolute atomic E-state index is 12.8. The molecule has 14 heavy (non-hydrogen) atoms. The lowest BCUT2D eigenvalue weighted by molar-refractivity contribution is 0.0691. The standard InChI is InChI=1S/C8H4ClFN2O2/c9-7-6(8(13)14)11-5-2-1-4(10)3-12(5)7/h1-3H,(H,13,14). The number of halogens is 2. The molecule has 6 heteroatoms. The van der Waals surface area contributed by atoms with Gasteiger partial charge in [0.2, 0.25) is 0 Å². The van der Waals surface area contributed by atoms with Gasteiger partial charge in [0, 0.05) is 6.20 Å². The molecule has 2 aromatic heterocycles. The molecule has 2 rings (SSSR count). The number of nitrogens with zero attached hydrogens (tertiary/aromatic N) is 2. The Kier molecular flexibility index (Phi) is 1.89. The minimum atomic E-state index is -1.24. The summed E-state index contributed by atoms with van der Waals surface area (Å²) in [6, 6.07) is 2.54. The molecular weight excluding hydrogens is 211 g/mol. The molecule has 4 nitrogen and oxygen atoms in total. The second kappa shape index (κ2) is 2.95. The van der Waals surface area contributed by atoms with E-state index in [1.807, 2.05) is 0 Å². The quantitative estimate of drug-likeness (QED) is 0.788. The maximum atomic E-state index is 12.8. The van der Waals surface area contributed by atoms with Gasteiger partial charge in [-0.3, -0.25) is 4.40 Å². The Hall–Kier alpha value is -1.62. The van der Waals surface area contributed by atoms with Crippen molar-refractivity contribution in [3.8, 4) is 0 Å². The van der Waals surface area contributed by atoms with E-state index >= 15 is 0 Å². The SMILES string of the molecule is O=C(O)c1nc2ccc(F)cn2c1Cl. The first-order chi connectivity index (χ1) is 6.59. The zero-order valence-electron chi connectivity index (χ0n) is 6.74. The first kappa shape index (κ1) is 8.96. The summed E-state index contributed by atoms with van der Waals surface area (Å²) in [5.74, 6) is -1.74. The van der Waals surface area contributed by atoms with Crippen LogP contribution in [0.2, 0.25) is 5.15 Å². The van der Waals surface area contributed by atoms with Gasteiger partial charge in [-0.05, 0) is 12.1 Å². The van der Waals surface area contributed by atoms with Gasteiger partial charge < -0.3 is 5.11 Å². The van der Waals surface area contributed by atoms with Crippen molar-refractivity contribution in [2.24, 2.45) is 0 Å². The van der Waals surface area contributed by atoms with Crippen LogP contribution in [-0.4, -0.2) is 20.5 Å². The topological polar surface area (TPSA) is 54.6 Å². The highest BCUT2D eigenvalue weighted by Crippen LogP contribution is 2.18. The minimum absolute atomic E-state index is 0.105. The van der Waals surface area contributed by atoms with E-state index in [4.69, 9.17) is 16.7 Å². The first-order valence-corrected chi connectivity index (χ1v) is 4.04. The molecule has 2 aromatic rings. The van der Waals surface area contributed by atoms with Crippen LogP contribution in [0.5, 0.6) is 0 Å². The Balaban J connectivity index is 2.80. The van der Waals surface area contributed by atoms with Crippen molar-refractivity contribution in [2.45, 2.75) is 0 Å². The van der Waals surface area contributed by atoms with Crippen molar-refractivity contribution in [2.75, 3.05) is 0 Å². The Morgan fingerprint density at radius 2 is 2.29 bits per heavy atom. The van der Waals surface area contributed by atoms with Crippen molar-refractivity contribution in [3.05, 3.63) is 35.0 Å². The molecule has 0 aromatic carbocycles. The van der Waals surface area contributed by atoms with Crippen molar-refractivity contribution >= 4 is 23.2 Å². The smallest absolute Gasteiger partial charge is 0.357 e. The van der Waals surface area contributed by atoms with Gasteiger partial charge in [0.1, 0.15) is 16.6 Å². The Morgan fingerprint density at radius 3 is 2.93 bits per heavy atom. The fourth-order valence-electron chi connectivity index (χ4n) is 1.13. The number of carboxylic acid groups (broad SMARTS) is 1. The average molecular weight is 215 g/mol. The van der Waals surface area contributed by atoms with Crippen molar-refractivity contribution in [3.63, 3.8) is 0 Å². The summed E-state index contributed by atoms with van der Waals surface area (Å²) in [5.41, 5.74) is 0.0195. The van der Waals surface area contributed by atoms with E-state index in [-0.39, 0.29) is 10.8 Å². The minimum Gasteiger partial charge on any atom is -0.476 e. The van der Waals surface area contributed by atoms with Crippen LogP contribution in [0.25, 0.3) is 5.65 Å². The molecule has 0 aliphatic heterocycles. The van der Waals surface area contributed by atoms with Gasteiger partial charge in [0.05, 0.1) is 0 Å². The van der Waals surface area contributed by atoms with Crippen molar-refractivity contribution < 1.29 is 14.3 Å². The summed E-state index contributed by atoms with van der Waals surface area (Å²) < 4.78 is 14.0. The molecule has 1 N–H and O–H groups in total. The van der Waals surface area contributed by atoms with E-state index in [0.29, 0.717) is 5.65 Å². The van der Waals surface area contributed by atoms with Crippen LogP contribution in [0.4, 0.5) is 4.39 Å². The van der Waals surface area contributed by atoms with Crippen LogP contribution >= 0.6 is 11.6 Å². The fourth-order valence-corrected chi connectivity index (χ4v) is 1.38. The van der Waals surface area contributed by atoms with Crippen LogP contribution in [-0.2, 0) is 0 Å². The zero-order valence-corrected chi connectivity index (χ0v) is 7.49. The third-order valence-corrected chi connectivity index (χ3v) is 2.09. The summed E-state index contributed by atoms with van der Waals surface area (Å²) in [5, 5.41) is 8.58. The third kappa shape index (κ3) is 1.22. The molecule has 72 valence electrons. The molecule has 0 aliphatic carbocycles. The lowest BCUT2D eigenvalue weighted by Crippen LogP contribution is -1.96. The number of carbonyl (C=O) groups is 1. The van der Waals surface area contributed by atoms with Gasteiger partial charge in [0.15, 0.2) is 5.69 Å². The van der Waals surface area contributed by atoms with Gasteiger partial charge in [-0.15, -0.1) is 0 Å². The Bertz CT molecular complexity index is 523. The third-order valence-electron chi connectivity index (χ3n) is 1.73. The van der Waals surface area contributed by atoms with Crippen molar-refractivity contribution in [1.29, 1.82) is 0 Å². The van der Waals surface area contributed by atoms with E-state index in [1.54, 1.807) is 0 Å². The largest absolute Gasteiger partial charge is 0.476 e. The number of fused-ring (bicyclic) bond motifs is 1. The molecule has 0 radical (unpaired) electrons. The molecule has 0 atom stereocenters. The predicted octanol–water partition coefficient (Wildman–Crippen LogP) is 1.82. The van der Waals surface area contributed by atoms with Gasteiger partial charge in [0.25, 0.3) is 0 Å². The van der Waals surface area contributed by atoms with Gasteiger partial charge >= 0.3 is 5.97 Å². The molecule has 0 amide bonds. The van der Waals surface area contributed by atoms with Gasteiger partial charge in [-0.1, -0.05) is 11.6 Å². The predicted molar refractivity (Wildman–Crippen MR) is 47.1 cm³/mol. The van der Waals surface area contributed by atoms with E-state index in [9.17, 15) is 9.18 Å². The number of carboxylic acids is 1. The highest BCUT2D eigenvalue weighted by molar-refractivity contribution is 6.32. The lowest BCUT2D eigenvalue weighted by Gasteiger charge is -1.93. The van der Waals surface area contributed by atoms with E-state index in [2.05, 4.69) is 4.98 Å².